The van der Waals surface area contributed by atoms with Crippen LogP contribution >= 0.6 is 0 Å². The van der Waals surface area contributed by atoms with Gasteiger partial charge in [0.1, 0.15) is 11.5 Å². The van der Waals surface area contributed by atoms with E-state index in [0.717, 1.165) is 0 Å². The predicted molar refractivity (Wildman–Crippen MR) is 76.9 cm³/mol. The molecule has 3 aromatic rings. The first-order valence-corrected chi connectivity index (χ1v) is 6.53. The van der Waals surface area contributed by atoms with E-state index >= 15 is 0 Å². The van der Waals surface area contributed by atoms with Gasteiger partial charge in [-0.3, -0.25) is 0 Å². The third-order valence-electron chi connectivity index (χ3n) is 3.23. The predicted octanol–water partition coefficient (Wildman–Crippen LogP) is 4.18. The lowest BCUT2D eigenvalue weighted by atomic mass is 10.1. The molecule has 6 heteroatoms. The second kappa shape index (κ2) is 5.64. The third kappa shape index (κ3) is 2.96. The van der Waals surface area contributed by atoms with Crippen LogP contribution in [0.1, 0.15) is 10.4 Å². The van der Waals surface area contributed by atoms with Crippen molar-refractivity contribution in [1.82, 2.24) is 0 Å². The maximum absolute atomic E-state index is 13.1. The minimum Gasteiger partial charge on any atom is -0.508 e. The third-order valence-corrected chi connectivity index (χ3v) is 3.23. The van der Waals surface area contributed by atoms with Crippen molar-refractivity contribution in [3.8, 4) is 11.5 Å². The van der Waals surface area contributed by atoms with Crippen LogP contribution in [-0.2, 0) is 0 Å². The molecule has 0 atom stereocenters. The first kappa shape index (κ1) is 14.9. The van der Waals surface area contributed by atoms with Gasteiger partial charge in [-0.15, -0.1) is 0 Å². The molecule has 0 spiro atoms. The molecular weight excluding hydrogens is 309 g/mol. The average Bonchev–Trinajstić information content (AvgIpc) is 2.52. The number of carbonyl (C=O) groups excluding carboxylic acids is 1. The van der Waals surface area contributed by atoms with Gasteiger partial charge in [0.05, 0.1) is 5.56 Å². The number of phenolic OH excluding ortho intramolecular Hbond substituents is 1. The minimum absolute atomic E-state index is 0.0880. The van der Waals surface area contributed by atoms with E-state index in [1.165, 1.54) is 24.3 Å². The maximum Gasteiger partial charge on any atom is 0.343 e. The Morgan fingerprint density at radius 3 is 2.17 bits per heavy atom. The summed E-state index contributed by atoms with van der Waals surface area (Å²) in [6, 6.07) is 10.3. The fraction of sp³-hybridized carbons (Fsp3) is 0. The highest BCUT2D eigenvalue weighted by Gasteiger charge is 2.15. The second-order valence-corrected chi connectivity index (χ2v) is 4.84. The van der Waals surface area contributed by atoms with Crippen LogP contribution in [0.4, 0.5) is 13.2 Å². The van der Waals surface area contributed by atoms with Crippen molar-refractivity contribution >= 4 is 16.7 Å². The zero-order valence-electron chi connectivity index (χ0n) is 11.5. The summed E-state index contributed by atoms with van der Waals surface area (Å²) in [4.78, 5) is 12.0. The Labute approximate surface area is 128 Å². The topological polar surface area (TPSA) is 46.5 Å². The van der Waals surface area contributed by atoms with Gasteiger partial charge in [-0.05, 0) is 35.0 Å². The van der Waals surface area contributed by atoms with Crippen LogP contribution in [-0.4, -0.2) is 11.1 Å². The van der Waals surface area contributed by atoms with E-state index in [-0.39, 0.29) is 11.3 Å². The molecule has 0 aliphatic carbocycles. The number of benzene rings is 3. The summed E-state index contributed by atoms with van der Waals surface area (Å²) in [6.07, 6.45) is 0. The van der Waals surface area contributed by atoms with Crippen molar-refractivity contribution in [3.05, 3.63) is 71.5 Å². The Bertz CT molecular complexity index is 899. The van der Waals surface area contributed by atoms with Crippen molar-refractivity contribution in [3.63, 3.8) is 0 Å². The van der Waals surface area contributed by atoms with E-state index in [1.807, 2.05) is 0 Å². The van der Waals surface area contributed by atoms with Crippen LogP contribution in [0.5, 0.6) is 11.5 Å². The maximum atomic E-state index is 13.1. The fourth-order valence-electron chi connectivity index (χ4n) is 2.12. The molecule has 0 unspecified atom stereocenters. The summed E-state index contributed by atoms with van der Waals surface area (Å²) in [5.41, 5.74) is 0.147. The number of esters is 1. The standard InChI is InChI=1S/C17H9F3O3/c18-14-7-13(8-15(19)16(14)20)23-17(22)11-2-1-10-6-12(21)4-3-9(10)5-11/h1-8,21H. The molecule has 0 fully saturated rings. The lowest BCUT2D eigenvalue weighted by Gasteiger charge is -2.07. The molecule has 0 aliphatic rings. The Kier molecular flexibility index (Phi) is 3.65. The highest BCUT2D eigenvalue weighted by molar-refractivity contribution is 5.96. The number of hydrogen-bond acceptors (Lipinski definition) is 3. The van der Waals surface area contributed by atoms with Gasteiger partial charge < -0.3 is 9.84 Å². The number of ether oxygens (including phenoxy) is 1. The first-order valence-electron chi connectivity index (χ1n) is 6.53. The highest BCUT2D eigenvalue weighted by atomic mass is 19.2. The van der Waals surface area contributed by atoms with Gasteiger partial charge in [0.2, 0.25) is 0 Å². The van der Waals surface area contributed by atoms with E-state index in [4.69, 9.17) is 4.74 Å². The van der Waals surface area contributed by atoms with Crippen molar-refractivity contribution < 1.29 is 27.8 Å². The molecule has 0 saturated heterocycles. The van der Waals surface area contributed by atoms with E-state index in [1.54, 1.807) is 12.1 Å². The molecule has 3 aromatic carbocycles. The highest BCUT2D eigenvalue weighted by Crippen LogP contribution is 2.23. The van der Waals surface area contributed by atoms with E-state index < -0.39 is 29.2 Å². The van der Waals surface area contributed by atoms with Gasteiger partial charge in [-0.2, -0.15) is 0 Å². The normalized spacial score (nSPS) is 10.7. The average molecular weight is 318 g/mol. The lowest BCUT2D eigenvalue weighted by molar-refractivity contribution is 0.0733. The SMILES string of the molecule is O=C(Oc1cc(F)c(F)c(F)c1)c1ccc2cc(O)ccc2c1. The number of halogens is 3. The Balaban J connectivity index is 1.90. The molecule has 0 heterocycles. The zero-order chi connectivity index (χ0) is 16.6. The van der Waals surface area contributed by atoms with E-state index in [0.29, 0.717) is 22.9 Å². The van der Waals surface area contributed by atoms with Gasteiger partial charge in [0.25, 0.3) is 0 Å². The first-order chi connectivity index (χ1) is 10.9. The number of aromatic hydroxyl groups is 1. The van der Waals surface area contributed by atoms with Crippen molar-refractivity contribution in [2.24, 2.45) is 0 Å². The molecular formula is C17H9F3O3. The van der Waals surface area contributed by atoms with Gasteiger partial charge in [0, 0.05) is 12.1 Å². The molecule has 0 amide bonds. The monoisotopic (exact) mass is 318 g/mol. The molecule has 116 valence electrons. The number of rotatable bonds is 2. The largest absolute Gasteiger partial charge is 0.508 e. The van der Waals surface area contributed by atoms with Crippen LogP contribution in [0.3, 0.4) is 0 Å². The van der Waals surface area contributed by atoms with Crippen molar-refractivity contribution in [1.29, 1.82) is 0 Å². The lowest BCUT2D eigenvalue weighted by Crippen LogP contribution is -2.09. The summed E-state index contributed by atoms with van der Waals surface area (Å²) < 4.78 is 43.9. The van der Waals surface area contributed by atoms with Crippen LogP contribution < -0.4 is 4.74 Å². The molecule has 23 heavy (non-hydrogen) atoms. The Morgan fingerprint density at radius 2 is 1.48 bits per heavy atom. The van der Waals surface area contributed by atoms with Crippen LogP contribution in [0.25, 0.3) is 10.8 Å². The smallest absolute Gasteiger partial charge is 0.343 e. The Hall–Kier alpha value is -3.02. The zero-order valence-corrected chi connectivity index (χ0v) is 11.5. The number of fused-ring (bicyclic) bond motifs is 1. The van der Waals surface area contributed by atoms with Crippen LogP contribution in [0.15, 0.2) is 48.5 Å². The second-order valence-electron chi connectivity index (χ2n) is 4.84. The molecule has 0 aromatic heterocycles. The molecule has 0 saturated carbocycles. The van der Waals surface area contributed by atoms with Gasteiger partial charge >= 0.3 is 5.97 Å². The number of carbonyl (C=O) groups is 1. The van der Waals surface area contributed by atoms with Crippen LogP contribution in [0.2, 0.25) is 0 Å². The Morgan fingerprint density at radius 1 is 0.870 bits per heavy atom. The summed E-state index contributed by atoms with van der Waals surface area (Å²) in [5.74, 6) is -5.70. The van der Waals surface area contributed by atoms with E-state index in [9.17, 15) is 23.1 Å². The summed E-state index contributed by atoms with van der Waals surface area (Å²) in [5, 5.41) is 10.8. The molecule has 0 aliphatic heterocycles. The number of hydrogen-bond donors (Lipinski definition) is 1. The molecule has 1 N–H and O–H groups in total. The number of phenols is 1. The van der Waals surface area contributed by atoms with E-state index in [2.05, 4.69) is 0 Å². The molecule has 0 bridgehead atoms. The fourth-order valence-corrected chi connectivity index (χ4v) is 2.12. The summed E-state index contributed by atoms with van der Waals surface area (Å²) in [7, 11) is 0. The summed E-state index contributed by atoms with van der Waals surface area (Å²) >= 11 is 0. The molecule has 0 radical (unpaired) electrons. The van der Waals surface area contributed by atoms with Crippen molar-refractivity contribution in [2.45, 2.75) is 0 Å². The molecule has 3 rings (SSSR count). The van der Waals surface area contributed by atoms with Crippen molar-refractivity contribution in [2.75, 3.05) is 0 Å². The molecule has 3 nitrogen and oxygen atoms in total. The van der Waals surface area contributed by atoms with Gasteiger partial charge in [0.15, 0.2) is 17.5 Å². The van der Waals surface area contributed by atoms with Gasteiger partial charge in [-0.1, -0.05) is 12.1 Å². The quantitative estimate of drug-likeness (QED) is 0.438. The summed E-state index contributed by atoms with van der Waals surface area (Å²) in [6.45, 7) is 0. The van der Waals surface area contributed by atoms with Gasteiger partial charge in [-0.25, -0.2) is 18.0 Å². The van der Waals surface area contributed by atoms with Crippen LogP contribution in [0, 0.1) is 17.5 Å². The minimum atomic E-state index is -1.63.